The molecule has 0 spiro atoms. The molecule has 0 heterocycles. The number of benzene rings is 1. The fraction of sp³-hybridized carbons (Fsp3) is 0.231. The van der Waals surface area contributed by atoms with E-state index >= 15 is 0 Å². The van der Waals surface area contributed by atoms with Gasteiger partial charge in [-0.1, -0.05) is 12.2 Å². The van der Waals surface area contributed by atoms with E-state index < -0.39 is 5.97 Å². The Labute approximate surface area is 106 Å². The van der Waals surface area contributed by atoms with E-state index in [9.17, 15) is 9.59 Å². The van der Waals surface area contributed by atoms with Crippen molar-refractivity contribution in [3.63, 3.8) is 0 Å². The van der Waals surface area contributed by atoms with Gasteiger partial charge in [0, 0.05) is 19.2 Å². The number of ether oxygens (including phenoxy) is 1. The molecular weight excluding hydrogens is 232 g/mol. The van der Waals surface area contributed by atoms with Crippen LogP contribution in [-0.2, 0) is 9.53 Å². The molecule has 0 aliphatic carbocycles. The Morgan fingerprint density at radius 2 is 2.17 bits per heavy atom. The maximum absolute atomic E-state index is 11.4. The number of nitrogens with one attached hydrogen (secondary N) is 1. The molecule has 0 aromatic heterocycles. The van der Waals surface area contributed by atoms with Crippen molar-refractivity contribution < 1.29 is 14.3 Å². The van der Waals surface area contributed by atoms with Crippen LogP contribution in [0.3, 0.4) is 0 Å². The van der Waals surface area contributed by atoms with Gasteiger partial charge in [0.2, 0.25) is 5.91 Å². The first-order chi connectivity index (χ1) is 8.54. The Balaban J connectivity index is 2.81. The second-order valence-corrected chi connectivity index (χ2v) is 3.67. The number of methoxy groups -OCH3 is 1. The second kappa shape index (κ2) is 6.44. The lowest BCUT2D eigenvalue weighted by molar-refractivity contribution is -0.118. The van der Waals surface area contributed by atoms with Crippen molar-refractivity contribution in [2.45, 2.75) is 6.92 Å². The van der Waals surface area contributed by atoms with Gasteiger partial charge in [-0.15, -0.1) is 0 Å². The van der Waals surface area contributed by atoms with Gasteiger partial charge in [0.05, 0.1) is 12.7 Å². The predicted molar refractivity (Wildman–Crippen MR) is 69.9 cm³/mol. The van der Waals surface area contributed by atoms with Gasteiger partial charge in [-0.2, -0.15) is 0 Å². The lowest BCUT2D eigenvalue weighted by Gasteiger charge is -2.04. The van der Waals surface area contributed by atoms with Crippen LogP contribution in [0.2, 0.25) is 0 Å². The van der Waals surface area contributed by atoms with Crippen molar-refractivity contribution in [2.75, 3.05) is 19.4 Å². The van der Waals surface area contributed by atoms with Crippen LogP contribution < -0.4 is 11.1 Å². The minimum atomic E-state index is -0.411. The third kappa shape index (κ3) is 3.93. The zero-order valence-corrected chi connectivity index (χ0v) is 10.4. The summed E-state index contributed by atoms with van der Waals surface area (Å²) in [5.41, 5.74) is 7.49. The minimum absolute atomic E-state index is 0.101. The summed E-state index contributed by atoms with van der Waals surface area (Å²) in [5.74, 6) is -0.512. The molecule has 0 atom stereocenters. The number of carbonyl (C=O) groups is 2. The van der Waals surface area contributed by atoms with Crippen LogP contribution in [0.1, 0.15) is 22.8 Å². The number of rotatable bonds is 4. The Morgan fingerprint density at radius 1 is 1.44 bits per heavy atom. The number of nitrogen functional groups attached to an aromatic ring is 1. The van der Waals surface area contributed by atoms with Crippen molar-refractivity contribution in [1.82, 2.24) is 5.32 Å². The Hall–Kier alpha value is -2.30. The summed E-state index contributed by atoms with van der Waals surface area (Å²) >= 11 is 0. The molecule has 0 radical (unpaired) electrons. The van der Waals surface area contributed by atoms with Crippen LogP contribution in [-0.4, -0.2) is 25.5 Å². The highest BCUT2D eigenvalue weighted by Gasteiger charge is 2.06. The number of esters is 1. The molecule has 1 aromatic rings. The summed E-state index contributed by atoms with van der Waals surface area (Å²) in [4.78, 5) is 22.0. The van der Waals surface area contributed by atoms with Gasteiger partial charge >= 0.3 is 5.97 Å². The molecular formula is C13H16N2O3. The summed E-state index contributed by atoms with van der Waals surface area (Å²) in [6, 6.07) is 4.89. The highest BCUT2D eigenvalue weighted by Crippen LogP contribution is 2.16. The van der Waals surface area contributed by atoms with E-state index in [-0.39, 0.29) is 5.91 Å². The SMILES string of the molecule is COC(=O)c1ccc(N)c(C=CCNC(C)=O)c1. The van der Waals surface area contributed by atoms with Gasteiger partial charge in [-0.25, -0.2) is 4.79 Å². The monoisotopic (exact) mass is 248 g/mol. The van der Waals surface area contributed by atoms with Crippen LogP contribution in [0.15, 0.2) is 24.3 Å². The zero-order chi connectivity index (χ0) is 13.5. The smallest absolute Gasteiger partial charge is 0.337 e. The Morgan fingerprint density at radius 3 is 2.78 bits per heavy atom. The molecule has 1 rings (SSSR count). The van der Waals surface area contributed by atoms with Crippen LogP contribution in [0.5, 0.6) is 0 Å². The molecule has 1 amide bonds. The summed E-state index contributed by atoms with van der Waals surface area (Å²) in [6.45, 7) is 1.86. The van der Waals surface area contributed by atoms with Crippen LogP contribution in [0.4, 0.5) is 5.69 Å². The average Bonchev–Trinajstić information content (AvgIpc) is 2.35. The maximum atomic E-state index is 11.4. The molecule has 96 valence electrons. The molecule has 0 saturated carbocycles. The van der Waals surface area contributed by atoms with E-state index in [1.807, 2.05) is 0 Å². The van der Waals surface area contributed by atoms with Crippen molar-refractivity contribution in [3.05, 3.63) is 35.4 Å². The van der Waals surface area contributed by atoms with E-state index in [0.29, 0.717) is 23.4 Å². The fourth-order valence-corrected chi connectivity index (χ4v) is 1.35. The Kier molecular flexibility index (Phi) is 4.92. The number of amides is 1. The van der Waals surface area contributed by atoms with Crippen LogP contribution >= 0.6 is 0 Å². The fourth-order valence-electron chi connectivity index (χ4n) is 1.35. The third-order valence-corrected chi connectivity index (χ3v) is 2.27. The first-order valence-electron chi connectivity index (χ1n) is 5.43. The van der Waals surface area contributed by atoms with Gasteiger partial charge in [-0.3, -0.25) is 4.79 Å². The highest BCUT2D eigenvalue weighted by molar-refractivity contribution is 5.91. The number of nitrogens with two attached hydrogens (primary N) is 1. The van der Waals surface area contributed by atoms with Crippen molar-refractivity contribution in [3.8, 4) is 0 Å². The largest absolute Gasteiger partial charge is 0.465 e. The highest BCUT2D eigenvalue weighted by atomic mass is 16.5. The van der Waals surface area contributed by atoms with E-state index in [4.69, 9.17) is 5.73 Å². The van der Waals surface area contributed by atoms with E-state index in [0.717, 1.165) is 0 Å². The van der Waals surface area contributed by atoms with Crippen LogP contribution in [0.25, 0.3) is 6.08 Å². The summed E-state index contributed by atoms with van der Waals surface area (Å²) < 4.78 is 4.63. The van der Waals surface area contributed by atoms with Gasteiger partial charge in [-0.05, 0) is 23.8 Å². The van der Waals surface area contributed by atoms with Gasteiger partial charge in [0.15, 0.2) is 0 Å². The average molecular weight is 248 g/mol. The molecule has 0 saturated heterocycles. The summed E-state index contributed by atoms with van der Waals surface area (Å²) in [7, 11) is 1.32. The van der Waals surface area contributed by atoms with Gasteiger partial charge in [0.25, 0.3) is 0 Å². The van der Waals surface area contributed by atoms with Crippen molar-refractivity contribution in [2.24, 2.45) is 0 Å². The van der Waals surface area contributed by atoms with Crippen LogP contribution in [0, 0.1) is 0 Å². The molecule has 5 heteroatoms. The topological polar surface area (TPSA) is 81.4 Å². The first kappa shape index (κ1) is 13.8. The lowest BCUT2D eigenvalue weighted by Crippen LogP contribution is -2.19. The molecule has 5 nitrogen and oxygen atoms in total. The molecule has 0 bridgehead atoms. The van der Waals surface area contributed by atoms with Gasteiger partial charge < -0.3 is 15.8 Å². The number of anilines is 1. The molecule has 0 fully saturated rings. The molecule has 0 unspecified atom stereocenters. The lowest BCUT2D eigenvalue weighted by atomic mass is 10.1. The Bertz CT molecular complexity index is 481. The second-order valence-electron chi connectivity index (χ2n) is 3.67. The van der Waals surface area contributed by atoms with Crippen molar-refractivity contribution >= 4 is 23.6 Å². The normalized spacial score (nSPS) is 10.3. The zero-order valence-electron chi connectivity index (χ0n) is 10.4. The van der Waals surface area contributed by atoms with E-state index in [1.54, 1.807) is 30.4 Å². The van der Waals surface area contributed by atoms with E-state index in [2.05, 4.69) is 10.1 Å². The van der Waals surface area contributed by atoms with E-state index in [1.165, 1.54) is 14.0 Å². The number of hydrogen-bond donors (Lipinski definition) is 2. The first-order valence-corrected chi connectivity index (χ1v) is 5.43. The number of carbonyl (C=O) groups excluding carboxylic acids is 2. The maximum Gasteiger partial charge on any atom is 0.337 e. The summed E-state index contributed by atoms with van der Waals surface area (Å²) in [5, 5.41) is 2.63. The van der Waals surface area contributed by atoms with Gasteiger partial charge in [0.1, 0.15) is 0 Å². The standard InChI is InChI=1S/C13H16N2O3/c1-9(16)15-7-3-4-10-8-11(13(17)18-2)5-6-12(10)14/h3-6,8H,7,14H2,1-2H3,(H,15,16). The molecule has 0 aliphatic heterocycles. The third-order valence-electron chi connectivity index (χ3n) is 2.27. The number of hydrogen-bond acceptors (Lipinski definition) is 4. The molecule has 3 N–H and O–H groups in total. The summed E-state index contributed by atoms with van der Waals surface area (Å²) in [6.07, 6.45) is 3.51. The predicted octanol–water partition coefficient (Wildman–Crippen LogP) is 1.20. The quantitative estimate of drug-likeness (QED) is 0.619. The molecule has 0 aliphatic rings. The minimum Gasteiger partial charge on any atom is -0.465 e. The molecule has 1 aromatic carbocycles. The molecule has 18 heavy (non-hydrogen) atoms. The van der Waals surface area contributed by atoms with Crippen molar-refractivity contribution in [1.29, 1.82) is 0 Å².